The highest BCUT2D eigenvalue weighted by atomic mass is 16.5. The molecule has 0 spiro atoms. The summed E-state index contributed by atoms with van der Waals surface area (Å²) in [5, 5.41) is 0.867. The van der Waals surface area contributed by atoms with Gasteiger partial charge in [0.2, 0.25) is 0 Å². The van der Waals surface area contributed by atoms with Gasteiger partial charge in [-0.2, -0.15) is 0 Å². The number of nitrogens with one attached hydrogen (secondary N) is 1. The number of aromatic nitrogens is 4. The van der Waals surface area contributed by atoms with Gasteiger partial charge >= 0.3 is 0 Å². The summed E-state index contributed by atoms with van der Waals surface area (Å²) in [4.78, 5) is 18.7. The number of hydrogen-bond donors (Lipinski definition) is 2. The van der Waals surface area contributed by atoms with Gasteiger partial charge in [0.05, 0.1) is 17.3 Å². The van der Waals surface area contributed by atoms with Crippen LogP contribution in [0.5, 0.6) is 11.6 Å². The number of rotatable bonds is 3. The molecule has 1 aliphatic rings. The lowest BCUT2D eigenvalue weighted by Gasteiger charge is -2.27. The van der Waals surface area contributed by atoms with Crippen LogP contribution in [0.2, 0.25) is 0 Å². The summed E-state index contributed by atoms with van der Waals surface area (Å²) in [7, 11) is 2.15. The highest BCUT2D eigenvalue weighted by molar-refractivity contribution is 5.83. The van der Waals surface area contributed by atoms with Crippen molar-refractivity contribution in [1.82, 2.24) is 24.8 Å². The van der Waals surface area contributed by atoms with Gasteiger partial charge in [-0.15, -0.1) is 0 Å². The summed E-state index contributed by atoms with van der Waals surface area (Å²) in [6.07, 6.45) is 6.26. The van der Waals surface area contributed by atoms with Crippen LogP contribution in [-0.2, 0) is 13.0 Å². The Kier molecular flexibility index (Phi) is 4.17. The lowest BCUT2D eigenvalue weighted by Crippen LogP contribution is -2.27. The summed E-state index contributed by atoms with van der Waals surface area (Å²) < 4.78 is 6.01. The summed E-state index contributed by atoms with van der Waals surface area (Å²) in [6, 6.07) is 8.17. The Hall–Kier alpha value is -3.45. The second-order valence-corrected chi connectivity index (χ2v) is 7.52. The number of aromatic amines is 1. The van der Waals surface area contributed by atoms with E-state index in [1.165, 1.54) is 16.7 Å². The minimum atomic E-state index is 0.251. The third-order valence-corrected chi connectivity index (χ3v) is 5.43. The molecule has 0 saturated carbocycles. The largest absolute Gasteiger partial charge is 0.434 e. The van der Waals surface area contributed by atoms with Crippen LogP contribution in [0.4, 0.5) is 5.82 Å². The van der Waals surface area contributed by atoms with Gasteiger partial charge in [-0.05, 0) is 61.3 Å². The third-order valence-electron chi connectivity index (χ3n) is 5.43. The highest BCUT2D eigenvalue weighted by Gasteiger charge is 2.18. The van der Waals surface area contributed by atoms with Gasteiger partial charge < -0.3 is 20.4 Å². The molecule has 3 N–H and O–H groups in total. The van der Waals surface area contributed by atoms with Gasteiger partial charge in [0.15, 0.2) is 11.6 Å². The van der Waals surface area contributed by atoms with E-state index in [2.05, 4.69) is 50.9 Å². The Balaban J connectivity index is 1.53. The fourth-order valence-corrected chi connectivity index (χ4v) is 3.92. The van der Waals surface area contributed by atoms with Crippen LogP contribution in [0.1, 0.15) is 16.7 Å². The van der Waals surface area contributed by atoms with Crippen LogP contribution in [0.25, 0.3) is 22.3 Å². The SMILES string of the molecule is Cc1cc(-c2cnc(N)c(Oc3c[nH]c4ncccc34)n2)cc2c1CCN(C)C2. The number of nitrogens with two attached hydrogens (primary N) is 1. The van der Waals surface area contributed by atoms with Crippen molar-refractivity contribution in [3.05, 3.63) is 59.5 Å². The van der Waals surface area contributed by atoms with E-state index < -0.39 is 0 Å². The zero-order valence-corrected chi connectivity index (χ0v) is 16.4. The van der Waals surface area contributed by atoms with Crippen molar-refractivity contribution in [3.63, 3.8) is 0 Å². The number of nitrogens with zero attached hydrogens (tertiary/aromatic N) is 4. The van der Waals surface area contributed by atoms with Gasteiger partial charge in [-0.1, -0.05) is 0 Å². The number of ether oxygens (including phenoxy) is 1. The molecule has 29 heavy (non-hydrogen) atoms. The van der Waals surface area contributed by atoms with E-state index in [1.807, 2.05) is 12.1 Å². The van der Waals surface area contributed by atoms with E-state index in [0.717, 1.165) is 41.8 Å². The number of nitrogen functional groups attached to an aromatic ring is 1. The van der Waals surface area contributed by atoms with Gasteiger partial charge in [0.1, 0.15) is 5.65 Å². The lowest BCUT2D eigenvalue weighted by molar-refractivity contribution is 0.312. The minimum absolute atomic E-state index is 0.251. The highest BCUT2D eigenvalue weighted by Crippen LogP contribution is 2.33. The molecule has 5 rings (SSSR count). The predicted molar refractivity (Wildman–Crippen MR) is 113 cm³/mol. The first-order chi connectivity index (χ1) is 14.1. The first-order valence-electron chi connectivity index (χ1n) is 9.62. The van der Waals surface area contributed by atoms with E-state index in [-0.39, 0.29) is 5.82 Å². The van der Waals surface area contributed by atoms with E-state index in [0.29, 0.717) is 11.6 Å². The smallest absolute Gasteiger partial charge is 0.263 e. The normalized spacial score (nSPS) is 14.1. The molecule has 4 aromatic rings. The number of aryl methyl sites for hydroxylation is 1. The van der Waals surface area contributed by atoms with Crippen LogP contribution in [0.3, 0.4) is 0 Å². The first kappa shape index (κ1) is 17.6. The molecule has 4 heterocycles. The van der Waals surface area contributed by atoms with Crippen molar-refractivity contribution in [3.8, 4) is 22.9 Å². The van der Waals surface area contributed by atoms with E-state index in [9.17, 15) is 0 Å². The van der Waals surface area contributed by atoms with Crippen LogP contribution in [0.15, 0.2) is 42.9 Å². The van der Waals surface area contributed by atoms with Crippen molar-refractivity contribution < 1.29 is 4.74 Å². The molecule has 0 aliphatic carbocycles. The second kappa shape index (κ2) is 6.86. The first-order valence-corrected chi connectivity index (χ1v) is 9.62. The zero-order chi connectivity index (χ0) is 20.0. The summed E-state index contributed by atoms with van der Waals surface area (Å²) in [6.45, 7) is 4.19. The molecule has 1 aromatic carbocycles. The second-order valence-electron chi connectivity index (χ2n) is 7.52. The molecular weight excluding hydrogens is 364 g/mol. The van der Waals surface area contributed by atoms with Gasteiger partial charge in [-0.25, -0.2) is 15.0 Å². The summed E-state index contributed by atoms with van der Waals surface area (Å²) >= 11 is 0. The Morgan fingerprint density at radius 3 is 3.03 bits per heavy atom. The minimum Gasteiger partial charge on any atom is -0.434 e. The fourth-order valence-electron chi connectivity index (χ4n) is 3.92. The number of anilines is 1. The van der Waals surface area contributed by atoms with Crippen molar-refractivity contribution in [2.75, 3.05) is 19.3 Å². The zero-order valence-electron chi connectivity index (χ0n) is 16.4. The van der Waals surface area contributed by atoms with Gasteiger partial charge in [-0.3, -0.25) is 0 Å². The van der Waals surface area contributed by atoms with Gasteiger partial charge in [0, 0.05) is 31.0 Å². The Morgan fingerprint density at radius 2 is 2.14 bits per heavy atom. The van der Waals surface area contributed by atoms with E-state index in [4.69, 9.17) is 10.5 Å². The standard InChI is InChI=1S/C22H22N6O/c1-13-8-14(9-15-12-28(2)7-5-16(13)15)18-10-25-20(23)22(27-18)29-19-11-26-21-17(19)4-3-6-24-21/h3-4,6,8-11H,5,7,12H2,1-2H3,(H2,23,25)(H,24,26). The average molecular weight is 386 g/mol. The Morgan fingerprint density at radius 1 is 1.24 bits per heavy atom. The molecule has 7 nitrogen and oxygen atoms in total. The molecule has 0 bridgehead atoms. The van der Waals surface area contributed by atoms with Crippen molar-refractivity contribution in [1.29, 1.82) is 0 Å². The molecule has 1 aliphatic heterocycles. The number of H-pyrrole nitrogens is 1. The quantitative estimate of drug-likeness (QED) is 0.558. The molecule has 7 heteroatoms. The predicted octanol–water partition coefficient (Wildman–Crippen LogP) is 3.69. The number of hydrogen-bond acceptors (Lipinski definition) is 6. The molecule has 146 valence electrons. The van der Waals surface area contributed by atoms with Crippen LogP contribution in [-0.4, -0.2) is 38.4 Å². The maximum Gasteiger partial charge on any atom is 0.263 e. The molecule has 0 atom stereocenters. The van der Waals surface area contributed by atoms with Crippen LogP contribution in [0, 0.1) is 6.92 Å². The maximum absolute atomic E-state index is 6.06. The van der Waals surface area contributed by atoms with Crippen molar-refractivity contribution >= 4 is 16.9 Å². The summed E-state index contributed by atoms with van der Waals surface area (Å²) in [5.41, 5.74) is 12.6. The summed E-state index contributed by atoms with van der Waals surface area (Å²) in [5.74, 6) is 1.16. The lowest BCUT2D eigenvalue weighted by atomic mass is 9.92. The molecule has 0 unspecified atom stereocenters. The maximum atomic E-state index is 6.06. The molecule has 0 radical (unpaired) electrons. The van der Waals surface area contributed by atoms with Crippen LogP contribution >= 0.6 is 0 Å². The fraction of sp³-hybridized carbons (Fsp3) is 0.227. The molecule has 3 aromatic heterocycles. The molecule has 0 fully saturated rings. The Bertz CT molecular complexity index is 1220. The monoisotopic (exact) mass is 386 g/mol. The molecule has 0 amide bonds. The number of benzene rings is 1. The average Bonchev–Trinajstić information content (AvgIpc) is 3.12. The Labute approximate surface area is 168 Å². The van der Waals surface area contributed by atoms with Crippen LogP contribution < -0.4 is 10.5 Å². The third kappa shape index (κ3) is 3.19. The van der Waals surface area contributed by atoms with Gasteiger partial charge in [0.25, 0.3) is 5.88 Å². The van der Waals surface area contributed by atoms with Crippen molar-refractivity contribution in [2.24, 2.45) is 0 Å². The molecule has 0 saturated heterocycles. The number of likely N-dealkylation sites (N-methyl/N-ethyl adjacent to an activating group) is 1. The number of fused-ring (bicyclic) bond motifs is 2. The number of pyridine rings is 1. The topological polar surface area (TPSA) is 92.9 Å². The van der Waals surface area contributed by atoms with E-state index in [1.54, 1.807) is 18.6 Å². The van der Waals surface area contributed by atoms with E-state index >= 15 is 0 Å². The van der Waals surface area contributed by atoms with Crippen molar-refractivity contribution in [2.45, 2.75) is 19.9 Å². The molecular formula is C22H22N6O.